The van der Waals surface area contributed by atoms with E-state index in [9.17, 15) is 13.2 Å². The summed E-state index contributed by atoms with van der Waals surface area (Å²) in [4.78, 5) is 13.1. The maximum absolute atomic E-state index is 11.7. The molecule has 0 saturated carbocycles. The number of carbonyl (C=O) groups is 1. The summed E-state index contributed by atoms with van der Waals surface area (Å²) in [6, 6.07) is 0. The molecule has 0 aromatic carbocycles. The van der Waals surface area contributed by atoms with Crippen molar-refractivity contribution < 1.29 is 13.2 Å². The number of aldehydes is 1. The maximum Gasteiger partial charge on any atom is 0.164 e. The molecule has 0 aromatic rings. The Hall–Kier alpha value is -0.0700. The van der Waals surface area contributed by atoms with E-state index in [0.29, 0.717) is 12.3 Å². The first-order valence-corrected chi connectivity index (χ1v) is 8.90. The number of thioether (sulfide) groups is 1. The normalized spacial score (nSPS) is 26.4. The van der Waals surface area contributed by atoms with Crippen LogP contribution in [0.5, 0.6) is 0 Å². The highest BCUT2D eigenvalue weighted by Gasteiger charge is 2.35. The number of hydrogen-bond donors (Lipinski definition) is 0. The van der Waals surface area contributed by atoms with Gasteiger partial charge in [-0.1, -0.05) is 13.8 Å². The van der Waals surface area contributed by atoms with Gasteiger partial charge in [0.1, 0.15) is 11.7 Å². The second-order valence-corrected chi connectivity index (χ2v) is 8.31. The molecule has 1 heterocycles. The van der Waals surface area contributed by atoms with Crippen LogP contribution >= 0.6 is 11.8 Å². The third-order valence-corrected chi connectivity index (χ3v) is 6.03. The summed E-state index contributed by atoms with van der Waals surface area (Å²) < 4.78 is 23.4. The van der Waals surface area contributed by atoms with Gasteiger partial charge in [0.2, 0.25) is 0 Å². The van der Waals surface area contributed by atoms with E-state index in [1.54, 1.807) is 11.8 Å². The van der Waals surface area contributed by atoms with E-state index in [1.807, 2.05) is 18.7 Å². The molecule has 0 radical (unpaired) electrons. The Kier molecular flexibility index (Phi) is 5.04. The van der Waals surface area contributed by atoms with E-state index in [-0.39, 0.29) is 0 Å². The molecule has 2 unspecified atom stereocenters. The van der Waals surface area contributed by atoms with Crippen molar-refractivity contribution in [1.82, 2.24) is 4.90 Å². The lowest BCUT2D eigenvalue weighted by molar-refractivity contribution is -0.116. The van der Waals surface area contributed by atoms with Gasteiger partial charge in [0.05, 0.1) is 0 Å². The summed E-state index contributed by atoms with van der Waals surface area (Å²) in [6.07, 6.45) is 2.96. The SMILES string of the molecule is CCC(C)(C=O)CN1CCSCC1S(C)(=O)=O. The molecular formula is C11H21NO3S2. The highest BCUT2D eigenvalue weighted by atomic mass is 32.2. The predicted octanol–water partition coefficient (Wildman–Crippen LogP) is 1.02. The number of rotatable bonds is 5. The van der Waals surface area contributed by atoms with Gasteiger partial charge in [-0.15, -0.1) is 0 Å². The fourth-order valence-corrected chi connectivity index (χ4v) is 4.83. The van der Waals surface area contributed by atoms with Crippen molar-refractivity contribution in [3.63, 3.8) is 0 Å². The molecule has 0 N–H and O–H groups in total. The third-order valence-electron chi connectivity index (χ3n) is 3.34. The summed E-state index contributed by atoms with van der Waals surface area (Å²) in [5, 5.41) is -0.438. The van der Waals surface area contributed by atoms with Crippen LogP contribution in [0.1, 0.15) is 20.3 Å². The van der Waals surface area contributed by atoms with E-state index < -0.39 is 20.6 Å². The van der Waals surface area contributed by atoms with E-state index in [1.165, 1.54) is 6.26 Å². The summed E-state index contributed by atoms with van der Waals surface area (Å²) in [7, 11) is -3.07. The first-order valence-electron chi connectivity index (χ1n) is 5.79. The molecule has 0 bridgehead atoms. The molecule has 0 aliphatic carbocycles. The molecule has 0 aromatic heterocycles. The summed E-state index contributed by atoms with van der Waals surface area (Å²) in [5.74, 6) is 1.54. The van der Waals surface area contributed by atoms with Crippen molar-refractivity contribution in [2.45, 2.75) is 25.6 Å². The van der Waals surface area contributed by atoms with Crippen molar-refractivity contribution >= 4 is 27.9 Å². The van der Waals surface area contributed by atoms with Crippen molar-refractivity contribution in [1.29, 1.82) is 0 Å². The molecule has 100 valence electrons. The molecular weight excluding hydrogens is 258 g/mol. The molecule has 1 fully saturated rings. The fraction of sp³-hybridized carbons (Fsp3) is 0.909. The zero-order valence-corrected chi connectivity index (χ0v) is 12.3. The lowest BCUT2D eigenvalue weighted by Gasteiger charge is -2.38. The highest BCUT2D eigenvalue weighted by Crippen LogP contribution is 2.26. The van der Waals surface area contributed by atoms with Crippen LogP contribution in [0, 0.1) is 5.41 Å². The van der Waals surface area contributed by atoms with Gasteiger partial charge < -0.3 is 4.79 Å². The van der Waals surface area contributed by atoms with Crippen LogP contribution in [0.2, 0.25) is 0 Å². The van der Waals surface area contributed by atoms with Crippen molar-refractivity contribution in [2.75, 3.05) is 30.9 Å². The van der Waals surface area contributed by atoms with Gasteiger partial charge in [-0.05, 0) is 6.42 Å². The molecule has 1 rings (SSSR count). The van der Waals surface area contributed by atoms with Gasteiger partial charge in [0, 0.05) is 36.3 Å². The first kappa shape index (κ1) is 15.0. The van der Waals surface area contributed by atoms with Gasteiger partial charge in [0.25, 0.3) is 0 Å². The molecule has 6 heteroatoms. The summed E-state index contributed by atoms with van der Waals surface area (Å²) in [6.45, 7) is 5.13. The number of sulfone groups is 1. The Balaban J connectivity index is 2.83. The number of carbonyl (C=O) groups excluding carboxylic acids is 1. The highest BCUT2D eigenvalue weighted by molar-refractivity contribution is 8.00. The molecule has 1 aliphatic heterocycles. The van der Waals surface area contributed by atoms with Gasteiger partial charge in [-0.25, -0.2) is 8.42 Å². The molecule has 2 atom stereocenters. The van der Waals surface area contributed by atoms with Crippen molar-refractivity contribution in [2.24, 2.45) is 5.41 Å². The van der Waals surface area contributed by atoms with Gasteiger partial charge in [0.15, 0.2) is 9.84 Å². The number of hydrogen-bond acceptors (Lipinski definition) is 5. The van der Waals surface area contributed by atoms with Crippen LogP contribution < -0.4 is 0 Å². The minimum absolute atomic E-state index is 0.438. The van der Waals surface area contributed by atoms with Crippen LogP contribution in [0.25, 0.3) is 0 Å². The monoisotopic (exact) mass is 279 g/mol. The summed E-state index contributed by atoms with van der Waals surface area (Å²) >= 11 is 1.67. The van der Waals surface area contributed by atoms with Crippen molar-refractivity contribution in [3.05, 3.63) is 0 Å². The van der Waals surface area contributed by atoms with Crippen LogP contribution in [0.4, 0.5) is 0 Å². The van der Waals surface area contributed by atoms with Crippen LogP contribution in [0.3, 0.4) is 0 Å². The molecule has 0 amide bonds. The third kappa shape index (κ3) is 3.96. The molecule has 1 saturated heterocycles. The lowest BCUT2D eigenvalue weighted by atomic mass is 9.89. The zero-order chi connectivity index (χ0) is 13.1. The van der Waals surface area contributed by atoms with E-state index in [2.05, 4.69) is 0 Å². The maximum atomic E-state index is 11.7. The largest absolute Gasteiger partial charge is 0.303 e. The van der Waals surface area contributed by atoms with Crippen LogP contribution in [-0.4, -0.2) is 55.8 Å². The van der Waals surface area contributed by atoms with Gasteiger partial charge >= 0.3 is 0 Å². The Morgan fingerprint density at radius 3 is 2.65 bits per heavy atom. The smallest absolute Gasteiger partial charge is 0.164 e. The van der Waals surface area contributed by atoms with E-state index >= 15 is 0 Å². The Morgan fingerprint density at radius 1 is 1.53 bits per heavy atom. The molecule has 0 spiro atoms. The quantitative estimate of drug-likeness (QED) is 0.703. The second-order valence-electron chi connectivity index (χ2n) is 4.96. The van der Waals surface area contributed by atoms with E-state index in [4.69, 9.17) is 0 Å². The van der Waals surface area contributed by atoms with Gasteiger partial charge in [-0.2, -0.15) is 11.8 Å². The molecule has 4 nitrogen and oxygen atoms in total. The van der Waals surface area contributed by atoms with Crippen LogP contribution in [0.15, 0.2) is 0 Å². The second kappa shape index (κ2) is 5.71. The average Bonchev–Trinajstić information content (AvgIpc) is 2.28. The zero-order valence-electron chi connectivity index (χ0n) is 10.7. The minimum atomic E-state index is -3.07. The first-order chi connectivity index (χ1) is 7.82. The van der Waals surface area contributed by atoms with Gasteiger partial charge in [-0.3, -0.25) is 4.90 Å². The Labute approximate surface area is 108 Å². The average molecular weight is 279 g/mol. The molecule has 17 heavy (non-hydrogen) atoms. The lowest BCUT2D eigenvalue weighted by Crippen LogP contribution is -2.50. The topological polar surface area (TPSA) is 54.5 Å². The van der Waals surface area contributed by atoms with E-state index in [0.717, 1.165) is 25.0 Å². The summed E-state index contributed by atoms with van der Waals surface area (Å²) in [5.41, 5.74) is -0.440. The fourth-order valence-electron chi connectivity index (χ4n) is 1.89. The standard InChI is InChI=1S/C11H21NO3S2/c1-4-11(2,9-13)8-12-5-6-16-7-10(12)17(3,14)15/h9-10H,4-8H2,1-3H3. The van der Waals surface area contributed by atoms with Crippen molar-refractivity contribution in [3.8, 4) is 0 Å². The Morgan fingerprint density at radius 2 is 2.18 bits per heavy atom. The van der Waals surface area contributed by atoms with Crippen LogP contribution in [-0.2, 0) is 14.6 Å². The minimum Gasteiger partial charge on any atom is -0.303 e. The number of nitrogens with zero attached hydrogens (tertiary/aromatic N) is 1. The molecule has 1 aliphatic rings. The Bertz CT molecular complexity index is 369. The predicted molar refractivity (Wildman–Crippen MR) is 72.0 cm³/mol.